The predicted octanol–water partition coefficient (Wildman–Crippen LogP) is 3.83. The van der Waals surface area contributed by atoms with Crippen molar-refractivity contribution in [3.8, 4) is 0 Å². The van der Waals surface area contributed by atoms with Crippen molar-refractivity contribution in [2.45, 2.75) is 25.9 Å². The smallest absolute Gasteiger partial charge is 0.0671 e. The number of nitrogens with one attached hydrogen (secondary N) is 1. The van der Waals surface area contributed by atoms with Crippen molar-refractivity contribution in [2.75, 3.05) is 19.7 Å². The molecule has 2 aromatic rings. The normalized spacial score (nSPS) is 12.5. The van der Waals surface area contributed by atoms with Crippen molar-refractivity contribution in [2.24, 2.45) is 0 Å². The van der Waals surface area contributed by atoms with Gasteiger partial charge >= 0.3 is 0 Å². The first kappa shape index (κ1) is 15.7. The van der Waals surface area contributed by atoms with Gasteiger partial charge in [0.15, 0.2) is 0 Å². The maximum atomic E-state index is 5.57. The SMILES string of the molecule is CCOC(C)CNCC(c1ccccc1)c1ccccc1. The summed E-state index contributed by atoms with van der Waals surface area (Å²) in [6.45, 7) is 6.71. The Kier molecular flexibility index (Phi) is 6.45. The largest absolute Gasteiger partial charge is 0.377 e. The fourth-order valence-corrected chi connectivity index (χ4v) is 2.57. The van der Waals surface area contributed by atoms with Crippen LogP contribution >= 0.6 is 0 Å². The predicted molar refractivity (Wildman–Crippen MR) is 88.7 cm³/mol. The van der Waals surface area contributed by atoms with E-state index >= 15 is 0 Å². The van der Waals surface area contributed by atoms with Crippen LogP contribution < -0.4 is 5.32 Å². The van der Waals surface area contributed by atoms with Gasteiger partial charge in [0.25, 0.3) is 0 Å². The molecule has 0 saturated carbocycles. The third-order valence-electron chi connectivity index (χ3n) is 3.64. The average molecular weight is 283 g/mol. The van der Waals surface area contributed by atoms with Crippen LogP contribution in [0, 0.1) is 0 Å². The zero-order chi connectivity index (χ0) is 14.9. The Morgan fingerprint density at radius 3 is 1.86 bits per heavy atom. The Morgan fingerprint density at radius 1 is 0.857 bits per heavy atom. The van der Waals surface area contributed by atoms with Crippen LogP contribution in [0.5, 0.6) is 0 Å². The van der Waals surface area contributed by atoms with Gasteiger partial charge in [0.2, 0.25) is 0 Å². The molecule has 1 unspecified atom stereocenters. The summed E-state index contributed by atoms with van der Waals surface area (Å²) in [5.74, 6) is 0.376. The van der Waals surface area contributed by atoms with E-state index in [-0.39, 0.29) is 6.10 Å². The van der Waals surface area contributed by atoms with Crippen molar-refractivity contribution < 1.29 is 4.74 Å². The van der Waals surface area contributed by atoms with E-state index in [1.54, 1.807) is 0 Å². The van der Waals surface area contributed by atoms with E-state index in [2.05, 4.69) is 72.9 Å². The van der Waals surface area contributed by atoms with Gasteiger partial charge in [-0.25, -0.2) is 0 Å². The summed E-state index contributed by atoms with van der Waals surface area (Å²) in [7, 11) is 0. The first-order chi connectivity index (χ1) is 10.3. The fourth-order valence-electron chi connectivity index (χ4n) is 2.57. The summed E-state index contributed by atoms with van der Waals surface area (Å²) >= 11 is 0. The highest BCUT2D eigenvalue weighted by Crippen LogP contribution is 2.23. The van der Waals surface area contributed by atoms with Gasteiger partial charge < -0.3 is 10.1 Å². The first-order valence-electron chi connectivity index (χ1n) is 7.73. The zero-order valence-corrected chi connectivity index (χ0v) is 13.0. The van der Waals surface area contributed by atoms with E-state index in [9.17, 15) is 0 Å². The maximum absolute atomic E-state index is 5.57. The number of rotatable bonds is 8. The van der Waals surface area contributed by atoms with E-state index in [1.807, 2.05) is 6.92 Å². The summed E-state index contributed by atoms with van der Waals surface area (Å²) < 4.78 is 5.57. The van der Waals surface area contributed by atoms with Crippen LogP contribution in [0.4, 0.5) is 0 Å². The molecule has 112 valence electrons. The Balaban J connectivity index is 2.04. The maximum Gasteiger partial charge on any atom is 0.0671 e. The standard InChI is InChI=1S/C19H25NO/c1-3-21-16(2)14-20-15-19(17-10-6-4-7-11-17)18-12-8-5-9-13-18/h4-13,16,19-20H,3,14-15H2,1-2H3. The molecule has 2 rings (SSSR count). The van der Waals surface area contributed by atoms with Crippen molar-refractivity contribution >= 4 is 0 Å². The lowest BCUT2D eigenvalue weighted by Crippen LogP contribution is -2.30. The lowest BCUT2D eigenvalue weighted by atomic mass is 9.91. The van der Waals surface area contributed by atoms with Gasteiger partial charge in [-0.05, 0) is 25.0 Å². The third-order valence-corrected chi connectivity index (χ3v) is 3.64. The van der Waals surface area contributed by atoms with Crippen LogP contribution in [-0.2, 0) is 4.74 Å². The molecule has 0 fully saturated rings. The lowest BCUT2D eigenvalue weighted by Gasteiger charge is -2.20. The van der Waals surface area contributed by atoms with Crippen LogP contribution in [0.1, 0.15) is 30.9 Å². The number of hydrogen-bond acceptors (Lipinski definition) is 2. The van der Waals surface area contributed by atoms with Gasteiger partial charge in [-0.2, -0.15) is 0 Å². The molecule has 0 spiro atoms. The van der Waals surface area contributed by atoms with Gasteiger partial charge in [-0.15, -0.1) is 0 Å². The highest BCUT2D eigenvalue weighted by molar-refractivity contribution is 5.32. The van der Waals surface area contributed by atoms with Gasteiger partial charge in [0.05, 0.1) is 6.10 Å². The average Bonchev–Trinajstić information content (AvgIpc) is 2.53. The van der Waals surface area contributed by atoms with E-state index in [0.29, 0.717) is 5.92 Å². The molecule has 0 radical (unpaired) electrons. The molecule has 0 heterocycles. The summed E-state index contributed by atoms with van der Waals surface area (Å²) in [4.78, 5) is 0. The monoisotopic (exact) mass is 283 g/mol. The molecule has 21 heavy (non-hydrogen) atoms. The van der Waals surface area contributed by atoms with Crippen LogP contribution in [-0.4, -0.2) is 25.8 Å². The Hall–Kier alpha value is -1.64. The molecule has 0 aliphatic heterocycles. The van der Waals surface area contributed by atoms with E-state index in [1.165, 1.54) is 11.1 Å². The molecule has 0 bridgehead atoms. The Bertz CT molecular complexity index is 458. The molecular formula is C19H25NO. The van der Waals surface area contributed by atoms with Crippen LogP contribution in [0.2, 0.25) is 0 Å². The molecule has 0 aliphatic rings. The third kappa shape index (κ3) is 5.00. The molecule has 0 aromatic heterocycles. The molecule has 2 aromatic carbocycles. The van der Waals surface area contributed by atoms with Crippen molar-refractivity contribution in [3.05, 3.63) is 71.8 Å². The fraction of sp³-hybridized carbons (Fsp3) is 0.368. The Morgan fingerprint density at radius 2 is 1.38 bits per heavy atom. The molecule has 2 nitrogen and oxygen atoms in total. The van der Waals surface area contributed by atoms with E-state index in [0.717, 1.165) is 19.7 Å². The number of ether oxygens (including phenoxy) is 1. The van der Waals surface area contributed by atoms with Gasteiger partial charge in [-0.3, -0.25) is 0 Å². The highest BCUT2D eigenvalue weighted by Gasteiger charge is 2.13. The molecule has 0 aliphatic carbocycles. The van der Waals surface area contributed by atoms with Gasteiger partial charge in [0.1, 0.15) is 0 Å². The summed E-state index contributed by atoms with van der Waals surface area (Å²) in [6.07, 6.45) is 0.252. The van der Waals surface area contributed by atoms with Crippen LogP contribution in [0.25, 0.3) is 0 Å². The second-order valence-electron chi connectivity index (χ2n) is 5.30. The van der Waals surface area contributed by atoms with Crippen molar-refractivity contribution in [1.29, 1.82) is 0 Å². The molecular weight excluding hydrogens is 258 g/mol. The highest BCUT2D eigenvalue weighted by atomic mass is 16.5. The number of hydrogen-bond donors (Lipinski definition) is 1. The number of benzene rings is 2. The Labute approximate surface area is 128 Å². The molecule has 2 heteroatoms. The molecule has 0 saturated heterocycles. The lowest BCUT2D eigenvalue weighted by molar-refractivity contribution is 0.0761. The van der Waals surface area contributed by atoms with Crippen LogP contribution in [0.15, 0.2) is 60.7 Å². The zero-order valence-electron chi connectivity index (χ0n) is 13.0. The van der Waals surface area contributed by atoms with Crippen LogP contribution in [0.3, 0.4) is 0 Å². The minimum absolute atomic E-state index is 0.252. The molecule has 1 N–H and O–H groups in total. The van der Waals surface area contributed by atoms with E-state index in [4.69, 9.17) is 4.74 Å². The summed E-state index contributed by atoms with van der Waals surface area (Å²) in [5, 5.41) is 3.54. The van der Waals surface area contributed by atoms with Crippen molar-refractivity contribution in [1.82, 2.24) is 5.32 Å². The molecule has 1 atom stereocenters. The second kappa shape index (κ2) is 8.60. The van der Waals surface area contributed by atoms with Crippen molar-refractivity contribution in [3.63, 3.8) is 0 Å². The first-order valence-corrected chi connectivity index (χ1v) is 7.73. The van der Waals surface area contributed by atoms with E-state index < -0.39 is 0 Å². The topological polar surface area (TPSA) is 21.3 Å². The second-order valence-corrected chi connectivity index (χ2v) is 5.30. The minimum Gasteiger partial charge on any atom is -0.377 e. The van der Waals surface area contributed by atoms with Gasteiger partial charge in [0, 0.05) is 25.6 Å². The molecule has 0 amide bonds. The summed E-state index contributed by atoms with van der Waals surface area (Å²) in [6, 6.07) is 21.4. The quantitative estimate of drug-likeness (QED) is 0.795. The minimum atomic E-state index is 0.252. The summed E-state index contributed by atoms with van der Waals surface area (Å²) in [5.41, 5.74) is 2.69. The van der Waals surface area contributed by atoms with Gasteiger partial charge in [-0.1, -0.05) is 60.7 Å².